The summed E-state index contributed by atoms with van der Waals surface area (Å²) in [5.74, 6) is -0.839. The number of carbonyl (C=O) groups is 1. The topological polar surface area (TPSA) is 42.2 Å². The van der Waals surface area contributed by atoms with E-state index in [1.807, 2.05) is 41.2 Å². The molecule has 0 aliphatic carbocycles. The van der Waals surface area contributed by atoms with Crippen LogP contribution in [0, 0.1) is 0 Å². The Kier molecular flexibility index (Phi) is 4.05. The first-order valence-electron chi connectivity index (χ1n) is 5.73. The van der Waals surface area contributed by atoms with Crippen molar-refractivity contribution in [3.05, 3.63) is 59.4 Å². The Hall–Kier alpha value is -1.74. The largest absolute Gasteiger partial charge is 0.481 e. The first-order chi connectivity index (χ1) is 8.65. The van der Waals surface area contributed by atoms with Crippen molar-refractivity contribution in [3.63, 3.8) is 0 Å². The number of nitrogens with zero attached hydrogens (tertiary/aromatic N) is 1. The van der Waals surface area contributed by atoms with E-state index in [9.17, 15) is 4.79 Å². The third-order valence-electron chi connectivity index (χ3n) is 2.86. The maximum Gasteiger partial charge on any atom is 0.304 e. The quantitative estimate of drug-likeness (QED) is 0.898. The molecule has 0 fully saturated rings. The van der Waals surface area contributed by atoms with Crippen LogP contribution in [0.2, 0.25) is 5.02 Å². The molecule has 0 aliphatic heterocycles. The van der Waals surface area contributed by atoms with E-state index in [0.717, 1.165) is 5.56 Å². The SMILES string of the molecule is O=C(O)C[C@H](Cn1cccc1)c1ccc(Cl)cc1. The summed E-state index contributed by atoms with van der Waals surface area (Å²) in [5, 5.41) is 9.65. The normalized spacial score (nSPS) is 12.3. The zero-order chi connectivity index (χ0) is 13.0. The van der Waals surface area contributed by atoms with Crippen molar-refractivity contribution in [1.82, 2.24) is 4.57 Å². The second kappa shape index (κ2) is 5.74. The van der Waals surface area contributed by atoms with Gasteiger partial charge < -0.3 is 9.67 Å². The van der Waals surface area contributed by atoms with Crippen LogP contribution in [0.15, 0.2) is 48.8 Å². The fourth-order valence-corrected chi connectivity index (χ4v) is 2.11. The first kappa shape index (κ1) is 12.7. The van der Waals surface area contributed by atoms with Gasteiger partial charge in [-0.15, -0.1) is 0 Å². The molecule has 18 heavy (non-hydrogen) atoms. The molecule has 0 amide bonds. The molecule has 0 saturated carbocycles. The maximum absolute atomic E-state index is 10.9. The molecule has 1 heterocycles. The Morgan fingerprint density at radius 3 is 2.39 bits per heavy atom. The minimum Gasteiger partial charge on any atom is -0.481 e. The van der Waals surface area contributed by atoms with Gasteiger partial charge in [0.25, 0.3) is 0 Å². The molecule has 0 unspecified atom stereocenters. The number of aromatic nitrogens is 1. The lowest BCUT2D eigenvalue weighted by molar-refractivity contribution is -0.137. The lowest BCUT2D eigenvalue weighted by Crippen LogP contribution is -2.12. The molecule has 0 saturated heterocycles. The van der Waals surface area contributed by atoms with E-state index in [2.05, 4.69) is 0 Å². The van der Waals surface area contributed by atoms with Gasteiger partial charge in [-0.1, -0.05) is 23.7 Å². The van der Waals surface area contributed by atoms with Gasteiger partial charge in [0.15, 0.2) is 0 Å². The minimum atomic E-state index is -0.790. The first-order valence-corrected chi connectivity index (χ1v) is 6.11. The van der Waals surface area contributed by atoms with E-state index in [4.69, 9.17) is 16.7 Å². The average molecular weight is 264 g/mol. The minimum absolute atomic E-state index is 0.0489. The highest BCUT2D eigenvalue weighted by molar-refractivity contribution is 6.30. The summed E-state index contributed by atoms with van der Waals surface area (Å²) in [4.78, 5) is 10.9. The van der Waals surface area contributed by atoms with E-state index < -0.39 is 5.97 Å². The Balaban J connectivity index is 2.19. The number of carboxylic acid groups (broad SMARTS) is 1. The summed E-state index contributed by atoms with van der Waals surface area (Å²) in [6.07, 6.45) is 3.98. The van der Waals surface area contributed by atoms with Crippen molar-refractivity contribution in [1.29, 1.82) is 0 Å². The van der Waals surface area contributed by atoms with Crippen molar-refractivity contribution in [2.75, 3.05) is 0 Å². The van der Waals surface area contributed by atoms with Crippen molar-refractivity contribution in [2.24, 2.45) is 0 Å². The Morgan fingerprint density at radius 2 is 1.83 bits per heavy atom. The Morgan fingerprint density at radius 1 is 1.22 bits per heavy atom. The molecule has 2 aromatic rings. The summed E-state index contributed by atoms with van der Waals surface area (Å²) in [6, 6.07) is 11.2. The summed E-state index contributed by atoms with van der Waals surface area (Å²) in [6.45, 7) is 0.654. The van der Waals surface area contributed by atoms with Gasteiger partial charge in [-0.05, 0) is 29.8 Å². The van der Waals surface area contributed by atoms with Crippen LogP contribution in [-0.4, -0.2) is 15.6 Å². The van der Waals surface area contributed by atoms with Gasteiger partial charge in [0.1, 0.15) is 0 Å². The van der Waals surface area contributed by atoms with Crippen LogP contribution in [-0.2, 0) is 11.3 Å². The fourth-order valence-electron chi connectivity index (χ4n) is 1.98. The van der Waals surface area contributed by atoms with E-state index in [1.54, 1.807) is 12.1 Å². The molecule has 1 aromatic carbocycles. The molecule has 4 heteroatoms. The van der Waals surface area contributed by atoms with Gasteiger partial charge >= 0.3 is 5.97 Å². The number of aliphatic carboxylic acids is 1. The number of hydrogen-bond donors (Lipinski definition) is 1. The standard InChI is InChI=1S/C14H14ClNO2/c15-13-5-3-11(4-6-13)12(9-14(17)18)10-16-7-1-2-8-16/h1-8,12H,9-10H2,(H,17,18)/t12-/m1/s1. The van der Waals surface area contributed by atoms with Crippen LogP contribution >= 0.6 is 11.6 Å². The van der Waals surface area contributed by atoms with Gasteiger partial charge in [-0.25, -0.2) is 0 Å². The second-order valence-corrected chi connectivity index (χ2v) is 4.66. The number of rotatable bonds is 5. The van der Waals surface area contributed by atoms with Crippen LogP contribution in [0.3, 0.4) is 0 Å². The van der Waals surface area contributed by atoms with Crippen molar-refractivity contribution >= 4 is 17.6 Å². The lowest BCUT2D eigenvalue weighted by atomic mass is 9.95. The molecular weight excluding hydrogens is 250 g/mol. The summed E-state index contributed by atoms with van der Waals surface area (Å²) in [5.41, 5.74) is 0.996. The molecule has 0 spiro atoms. The molecular formula is C14H14ClNO2. The Bertz CT molecular complexity index is 505. The molecule has 3 nitrogen and oxygen atoms in total. The van der Waals surface area contributed by atoms with Crippen LogP contribution in [0.4, 0.5) is 0 Å². The van der Waals surface area contributed by atoms with Crippen LogP contribution in [0.25, 0.3) is 0 Å². The van der Waals surface area contributed by atoms with E-state index in [-0.39, 0.29) is 12.3 Å². The average Bonchev–Trinajstić information content (AvgIpc) is 2.81. The summed E-state index contributed by atoms with van der Waals surface area (Å²) < 4.78 is 1.99. The van der Waals surface area contributed by atoms with E-state index in [1.165, 1.54) is 0 Å². The zero-order valence-electron chi connectivity index (χ0n) is 9.79. The number of halogens is 1. The molecule has 0 bridgehead atoms. The van der Waals surface area contributed by atoms with Crippen LogP contribution in [0.5, 0.6) is 0 Å². The Labute approximate surface area is 111 Å². The zero-order valence-corrected chi connectivity index (χ0v) is 10.5. The number of carboxylic acids is 1. The molecule has 1 atom stereocenters. The molecule has 0 radical (unpaired) electrons. The predicted octanol–water partition coefficient (Wildman–Crippen LogP) is 3.40. The lowest BCUT2D eigenvalue weighted by Gasteiger charge is -2.16. The maximum atomic E-state index is 10.9. The monoisotopic (exact) mass is 263 g/mol. The highest BCUT2D eigenvalue weighted by Gasteiger charge is 2.15. The van der Waals surface area contributed by atoms with Gasteiger partial charge in [0.2, 0.25) is 0 Å². The molecule has 1 N–H and O–H groups in total. The second-order valence-electron chi connectivity index (χ2n) is 4.23. The smallest absolute Gasteiger partial charge is 0.304 e. The summed E-state index contributed by atoms with van der Waals surface area (Å²) in [7, 11) is 0. The third-order valence-corrected chi connectivity index (χ3v) is 3.11. The fraction of sp³-hybridized carbons (Fsp3) is 0.214. The van der Waals surface area contributed by atoms with Crippen LogP contribution in [0.1, 0.15) is 17.9 Å². The number of hydrogen-bond acceptors (Lipinski definition) is 1. The van der Waals surface area contributed by atoms with Crippen molar-refractivity contribution in [2.45, 2.75) is 18.9 Å². The highest BCUT2D eigenvalue weighted by atomic mass is 35.5. The van der Waals surface area contributed by atoms with E-state index >= 15 is 0 Å². The van der Waals surface area contributed by atoms with Gasteiger partial charge in [-0.2, -0.15) is 0 Å². The van der Waals surface area contributed by atoms with E-state index in [0.29, 0.717) is 11.6 Å². The third kappa shape index (κ3) is 3.37. The van der Waals surface area contributed by atoms with Crippen LogP contribution < -0.4 is 0 Å². The van der Waals surface area contributed by atoms with Crippen molar-refractivity contribution < 1.29 is 9.90 Å². The number of benzene rings is 1. The molecule has 1 aromatic heterocycles. The predicted molar refractivity (Wildman–Crippen MR) is 70.9 cm³/mol. The highest BCUT2D eigenvalue weighted by Crippen LogP contribution is 2.23. The van der Waals surface area contributed by atoms with Gasteiger partial charge in [0.05, 0.1) is 6.42 Å². The molecule has 0 aliphatic rings. The molecule has 2 rings (SSSR count). The molecule has 94 valence electrons. The van der Waals surface area contributed by atoms with Gasteiger partial charge in [0, 0.05) is 29.9 Å². The van der Waals surface area contributed by atoms with Crippen molar-refractivity contribution in [3.8, 4) is 0 Å². The summed E-state index contributed by atoms with van der Waals surface area (Å²) >= 11 is 5.84. The van der Waals surface area contributed by atoms with Gasteiger partial charge in [-0.3, -0.25) is 4.79 Å².